The molecule has 3 aromatic rings. The first kappa shape index (κ1) is 32.5. The predicted octanol–water partition coefficient (Wildman–Crippen LogP) is 5.71. The SMILES string of the molecule is CCOc1ccccc1N(CC(=O)N(Cc1ccc(Br)cc1)[C@@H](C)C(=O)NC(C)C)S(=O)(=O)c1ccc(SC)cc1. The van der Waals surface area contributed by atoms with Crippen LogP contribution in [0.2, 0.25) is 0 Å². The van der Waals surface area contributed by atoms with Crippen molar-refractivity contribution in [2.24, 2.45) is 0 Å². The molecule has 0 aliphatic carbocycles. The number of halogens is 1. The van der Waals surface area contributed by atoms with Crippen LogP contribution >= 0.6 is 27.7 Å². The second-order valence-electron chi connectivity index (χ2n) is 9.58. The van der Waals surface area contributed by atoms with Crippen molar-refractivity contribution in [2.75, 3.05) is 23.7 Å². The zero-order chi connectivity index (χ0) is 30.2. The maximum absolute atomic E-state index is 14.1. The van der Waals surface area contributed by atoms with E-state index < -0.39 is 28.5 Å². The Morgan fingerprint density at radius 2 is 1.61 bits per heavy atom. The van der Waals surface area contributed by atoms with Gasteiger partial charge in [0.1, 0.15) is 18.3 Å². The molecular formula is C30H36BrN3O5S2. The minimum Gasteiger partial charge on any atom is -0.492 e. The van der Waals surface area contributed by atoms with E-state index in [9.17, 15) is 18.0 Å². The summed E-state index contributed by atoms with van der Waals surface area (Å²) >= 11 is 4.92. The lowest BCUT2D eigenvalue weighted by atomic mass is 10.1. The molecule has 2 amide bonds. The van der Waals surface area contributed by atoms with E-state index in [0.717, 1.165) is 19.2 Å². The van der Waals surface area contributed by atoms with Crippen molar-refractivity contribution in [2.45, 2.75) is 56.1 Å². The number of anilines is 1. The molecule has 0 fully saturated rings. The third kappa shape index (κ3) is 8.50. The smallest absolute Gasteiger partial charge is 0.264 e. The van der Waals surface area contributed by atoms with Crippen molar-refractivity contribution in [1.29, 1.82) is 0 Å². The first-order chi connectivity index (χ1) is 19.5. The molecule has 0 radical (unpaired) electrons. The van der Waals surface area contributed by atoms with Crippen molar-refractivity contribution in [3.05, 3.63) is 82.8 Å². The minimum atomic E-state index is -4.20. The van der Waals surface area contributed by atoms with Crippen LogP contribution in [-0.2, 0) is 26.2 Å². The number of hydrogen-bond acceptors (Lipinski definition) is 6. The summed E-state index contributed by atoms with van der Waals surface area (Å²) in [5, 5.41) is 2.86. The average molecular weight is 663 g/mol. The number of nitrogens with one attached hydrogen (secondary N) is 1. The van der Waals surface area contributed by atoms with Gasteiger partial charge in [0.15, 0.2) is 0 Å². The van der Waals surface area contributed by atoms with Gasteiger partial charge in [0.25, 0.3) is 10.0 Å². The fourth-order valence-electron chi connectivity index (χ4n) is 4.10. The summed E-state index contributed by atoms with van der Waals surface area (Å²) in [6, 6.07) is 19.6. The van der Waals surface area contributed by atoms with Gasteiger partial charge in [-0.15, -0.1) is 11.8 Å². The summed E-state index contributed by atoms with van der Waals surface area (Å²) in [7, 11) is -4.20. The molecule has 0 aliphatic heterocycles. The molecule has 1 atom stereocenters. The van der Waals surface area contributed by atoms with Crippen LogP contribution < -0.4 is 14.4 Å². The van der Waals surface area contributed by atoms with E-state index in [1.807, 2.05) is 44.4 Å². The molecule has 0 unspecified atom stereocenters. The summed E-state index contributed by atoms with van der Waals surface area (Å²) in [5.74, 6) is -0.533. The number of rotatable bonds is 13. The highest BCUT2D eigenvalue weighted by molar-refractivity contribution is 9.10. The van der Waals surface area contributed by atoms with E-state index in [1.54, 1.807) is 50.2 Å². The van der Waals surface area contributed by atoms with Crippen LogP contribution in [0, 0.1) is 0 Å². The number of benzene rings is 3. The van der Waals surface area contributed by atoms with Gasteiger partial charge in [-0.2, -0.15) is 0 Å². The topological polar surface area (TPSA) is 96.0 Å². The molecule has 0 bridgehead atoms. The number of para-hydroxylation sites is 2. The fraction of sp³-hybridized carbons (Fsp3) is 0.333. The molecule has 3 aromatic carbocycles. The van der Waals surface area contributed by atoms with Crippen molar-refractivity contribution in [3.8, 4) is 5.75 Å². The Morgan fingerprint density at radius 1 is 0.976 bits per heavy atom. The monoisotopic (exact) mass is 661 g/mol. The van der Waals surface area contributed by atoms with Gasteiger partial charge in [-0.1, -0.05) is 40.2 Å². The quantitative estimate of drug-likeness (QED) is 0.236. The maximum Gasteiger partial charge on any atom is 0.264 e. The van der Waals surface area contributed by atoms with E-state index >= 15 is 0 Å². The average Bonchev–Trinajstić information content (AvgIpc) is 2.95. The van der Waals surface area contributed by atoms with E-state index in [-0.39, 0.29) is 29.1 Å². The van der Waals surface area contributed by atoms with Crippen LogP contribution in [0.4, 0.5) is 5.69 Å². The number of carbonyl (C=O) groups is 2. The molecule has 0 heterocycles. The number of hydrogen-bond donors (Lipinski definition) is 1. The highest BCUT2D eigenvalue weighted by atomic mass is 79.9. The minimum absolute atomic E-state index is 0.0412. The molecule has 0 saturated heterocycles. The number of amides is 2. The molecule has 0 aliphatic rings. The molecule has 0 saturated carbocycles. The molecule has 0 spiro atoms. The predicted molar refractivity (Wildman–Crippen MR) is 168 cm³/mol. The molecule has 1 N–H and O–H groups in total. The van der Waals surface area contributed by atoms with Crippen LogP contribution in [0.3, 0.4) is 0 Å². The fourth-order valence-corrected chi connectivity index (χ4v) is 6.20. The first-order valence-corrected chi connectivity index (χ1v) is 16.7. The second kappa shape index (κ2) is 14.7. The zero-order valence-electron chi connectivity index (χ0n) is 23.8. The van der Waals surface area contributed by atoms with Crippen molar-refractivity contribution in [3.63, 3.8) is 0 Å². The first-order valence-electron chi connectivity index (χ1n) is 13.2. The van der Waals surface area contributed by atoms with Gasteiger partial charge < -0.3 is 15.0 Å². The highest BCUT2D eigenvalue weighted by Gasteiger charge is 2.34. The largest absolute Gasteiger partial charge is 0.492 e. The van der Waals surface area contributed by atoms with Gasteiger partial charge >= 0.3 is 0 Å². The number of thioether (sulfide) groups is 1. The molecule has 0 aromatic heterocycles. The Bertz CT molecular complexity index is 1430. The van der Waals surface area contributed by atoms with Crippen molar-refractivity contribution in [1.82, 2.24) is 10.2 Å². The van der Waals surface area contributed by atoms with Gasteiger partial charge in [0.2, 0.25) is 11.8 Å². The van der Waals surface area contributed by atoms with Gasteiger partial charge in [0, 0.05) is 22.0 Å². The normalized spacial score (nSPS) is 12.1. The van der Waals surface area contributed by atoms with Crippen LogP contribution in [0.5, 0.6) is 5.75 Å². The Balaban J connectivity index is 2.08. The third-order valence-corrected chi connectivity index (χ3v) is 9.27. The third-order valence-electron chi connectivity index (χ3n) is 6.22. The number of sulfonamides is 1. The lowest BCUT2D eigenvalue weighted by Crippen LogP contribution is -2.52. The van der Waals surface area contributed by atoms with Crippen molar-refractivity contribution >= 4 is 55.2 Å². The molecule has 3 rings (SSSR count). The zero-order valence-corrected chi connectivity index (χ0v) is 27.1. The van der Waals surface area contributed by atoms with E-state index in [2.05, 4.69) is 21.2 Å². The molecule has 8 nitrogen and oxygen atoms in total. The summed E-state index contributed by atoms with van der Waals surface area (Å²) in [6.07, 6.45) is 1.91. The Hall–Kier alpha value is -3.02. The van der Waals surface area contributed by atoms with Gasteiger partial charge in [-0.25, -0.2) is 8.42 Å². The summed E-state index contributed by atoms with van der Waals surface area (Å²) in [6.45, 7) is 7.01. The molecule has 41 heavy (non-hydrogen) atoms. The summed E-state index contributed by atoms with van der Waals surface area (Å²) < 4.78 is 35.9. The van der Waals surface area contributed by atoms with Gasteiger partial charge in [-0.05, 0) is 88.0 Å². The lowest BCUT2D eigenvalue weighted by molar-refractivity contribution is -0.139. The van der Waals surface area contributed by atoms with Crippen LogP contribution in [0.1, 0.15) is 33.3 Å². The van der Waals surface area contributed by atoms with E-state index in [1.165, 1.54) is 28.8 Å². The second-order valence-corrected chi connectivity index (χ2v) is 13.2. The van der Waals surface area contributed by atoms with Crippen molar-refractivity contribution < 1.29 is 22.7 Å². The van der Waals surface area contributed by atoms with Gasteiger partial charge in [-0.3, -0.25) is 13.9 Å². The number of ether oxygens (including phenoxy) is 1. The van der Waals surface area contributed by atoms with E-state index in [0.29, 0.717) is 12.4 Å². The summed E-state index contributed by atoms with van der Waals surface area (Å²) in [5.41, 5.74) is 1.03. The summed E-state index contributed by atoms with van der Waals surface area (Å²) in [4.78, 5) is 29.5. The molecule has 11 heteroatoms. The van der Waals surface area contributed by atoms with Crippen LogP contribution in [0.25, 0.3) is 0 Å². The number of carbonyl (C=O) groups excluding carboxylic acids is 2. The van der Waals surface area contributed by atoms with Crippen LogP contribution in [-0.4, -0.2) is 56.6 Å². The standard InChI is InChI=1S/C30H36BrN3O5S2/c1-6-39-28-10-8-7-9-27(28)34(41(37,38)26-17-15-25(40-5)16-18-26)20-29(35)33(22(4)30(36)32-21(2)3)19-23-11-13-24(31)14-12-23/h7-18,21-22H,6,19-20H2,1-5H3,(H,32,36)/t22-/m0/s1. The van der Waals surface area contributed by atoms with E-state index in [4.69, 9.17) is 4.74 Å². The number of nitrogens with zero attached hydrogens (tertiary/aromatic N) is 2. The Kier molecular flexibility index (Phi) is 11.7. The van der Waals surface area contributed by atoms with Gasteiger partial charge in [0.05, 0.1) is 17.2 Å². The lowest BCUT2D eigenvalue weighted by Gasteiger charge is -2.32. The maximum atomic E-state index is 14.1. The highest BCUT2D eigenvalue weighted by Crippen LogP contribution is 2.33. The molecular weight excluding hydrogens is 626 g/mol. The Morgan fingerprint density at radius 3 is 2.20 bits per heavy atom. The van der Waals surface area contributed by atoms with Crippen LogP contribution in [0.15, 0.2) is 87.1 Å². The molecule has 220 valence electrons. The Labute approximate surface area is 255 Å².